The average Bonchev–Trinajstić information content (AvgIpc) is 2.29. The Balaban J connectivity index is 2.66. The van der Waals surface area contributed by atoms with Gasteiger partial charge in [-0.15, -0.1) is 0 Å². The molecule has 110 valence electrons. The second-order valence-electron chi connectivity index (χ2n) is 5.77. The van der Waals surface area contributed by atoms with Gasteiger partial charge in [0.1, 0.15) is 11.3 Å². The fourth-order valence-electron chi connectivity index (χ4n) is 2.79. The summed E-state index contributed by atoms with van der Waals surface area (Å²) in [6, 6.07) is 0. The Morgan fingerprint density at radius 2 is 1.26 bits per heavy atom. The molecule has 0 spiro atoms. The predicted octanol–water partition coefficient (Wildman–Crippen LogP) is -4.17. The molecular formula is C10H25N9. The molecular weight excluding hydrogens is 246 g/mol. The molecule has 9 nitrogen and oxygen atoms in total. The van der Waals surface area contributed by atoms with Crippen LogP contribution in [0.15, 0.2) is 11.3 Å². The van der Waals surface area contributed by atoms with E-state index in [0.717, 1.165) is 18.5 Å². The molecule has 0 radical (unpaired) electrons. The van der Waals surface area contributed by atoms with Gasteiger partial charge in [-0.2, -0.15) is 0 Å². The van der Waals surface area contributed by atoms with Crippen LogP contribution < -0.4 is 51.2 Å². The highest BCUT2D eigenvalue weighted by atomic mass is 15.4. The second-order valence-corrected chi connectivity index (χ2v) is 5.77. The van der Waals surface area contributed by atoms with Crippen molar-refractivity contribution in [3.8, 4) is 0 Å². The average molecular weight is 271 g/mol. The minimum atomic E-state index is -1.92. The molecule has 0 bridgehead atoms. The molecule has 2 aliphatic rings. The lowest BCUT2D eigenvalue weighted by Crippen LogP contribution is -2.97. The zero-order valence-electron chi connectivity index (χ0n) is 10.9. The van der Waals surface area contributed by atoms with Gasteiger partial charge in [0.15, 0.2) is 11.4 Å². The van der Waals surface area contributed by atoms with E-state index in [2.05, 4.69) is 5.32 Å². The molecule has 0 fully saturated rings. The van der Waals surface area contributed by atoms with Crippen molar-refractivity contribution in [1.29, 1.82) is 0 Å². The smallest absolute Gasteiger partial charge is 0.174 e. The van der Waals surface area contributed by atoms with Crippen LogP contribution in [0.5, 0.6) is 0 Å². The summed E-state index contributed by atoms with van der Waals surface area (Å²) in [5.74, 6) is -1.73. The van der Waals surface area contributed by atoms with Crippen LogP contribution >= 0.6 is 0 Å². The van der Waals surface area contributed by atoms with Crippen molar-refractivity contribution >= 4 is 0 Å². The quantitative estimate of drug-likeness (QED) is 0.195. The highest BCUT2D eigenvalue weighted by Gasteiger charge is 2.64. The van der Waals surface area contributed by atoms with Crippen LogP contribution in [0.4, 0.5) is 0 Å². The van der Waals surface area contributed by atoms with E-state index in [1.165, 1.54) is 0 Å². The topological polar surface area (TPSA) is 220 Å². The van der Waals surface area contributed by atoms with Gasteiger partial charge in [-0.3, -0.25) is 11.5 Å². The van der Waals surface area contributed by atoms with E-state index in [0.29, 0.717) is 18.4 Å². The van der Waals surface area contributed by atoms with Gasteiger partial charge >= 0.3 is 0 Å². The van der Waals surface area contributed by atoms with Gasteiger partial charge in [0.05, 0.1) is 0 Å². The van der Waals surface area contributed by atoms with Crippen molar-refractivity contribution in [3.05, 3.63) is 11.3 Å². The van der Waals surface area contributed by atoms with Crippen LogP contribution in [0.2, 0.25) is 0 Å². The van der Waals surface area contributed by atoms with Crippen LogP contribution in [0.3, 0.4) is 0 Å². The summed E-state index contributed by atoms with van der Waals surface area (Å²) in [5, 5.41) is 2.92. The number of nitrogens with one attached hydrogen (secondary N) is 1. The van der Waals surface area contributed by atoms with E-state index in [-0.39, 0.29) is 0 Å². The summed E-state index contributed by atoms with van der Waals surface area (Å²) < 4.78 is 0. The van der Waals surface area contributed by atoms with Crippen LogP contribution in [0, 0.1) is 0 Å². The molecule has 0 aromatic heterocycles. The maximum absolute atomic E-state index is 6.17. The van der Waals surface area contributed by atoms with Crippen LogP contribution in [-0.4, -0.2) is 22.8 Å². The molecule has 19 heavy (non-hydrogen) atoms. The van der Waals surface area contributed by atoms with Crippen molar-refractivity contribution in [2.24, 2.45) is 45.9 Å². The number of rotatable bonds is 0. The number of hydrogen-bond acceptors (Lipinski definition) is 9. The molecule has 0 aromatic carbocycles. The first-order chi connectivity index (χ1) is 8.45. The lowest BCUT2D eigenvalue weighted by atomic mass is 9.75. The Labute approximate surface area is 112 Å². The Hall–Kier alpha value is -0.780. The lowest BCUT2D eigenvalue weighted by molar-refractivity contribution is 0.0671. The highest BCUT2D eigenvalue weighted by Crippen LogP contribution is 2.37. The second kappa shape index (κ2) is 3.87. The first-order valence-electron chi connectivity index (χ1n) is 6.27. The zero-order valence-corrected chi connectivity index (χ0v) is 10.9. The van der Waals surface area contributed by atoms with Crippen LogP contribution in [-0.2, 0) is 0 Å². The van der Waals surface area contributed by atoms with E-state index in [1.807, 2.05) is 0 Å². The van der Waals surface area contributed by atoms with Crippen molar-refractivity contribution in [2.75, 3.05) is 0 Å². The van der Waals surface area contributed by atoms with E-state index in [9.17, 15) is 0 Å². The van der Waals surface area contributed by atoms with Crippen LogP contribution in [0.1, 0.15) is 25.7 Å². The standard InChI is InChI=1S/C10H25N9/c11-7(12)5-3-1-2-4-6(5)19-10(17,18)9(15,16)8(7,13)14/h19H,1-4,11-18H2. The molecule has 2 rings (SSSR count). The normalized spacial score (nSPS) is 31.2. The molecule has 0 saturated heterocycles. The molecule has 9 heteroatoms. The zero-order chi connectivity index (χ0) is 14.7. The summed E-state index contributed by atoms with van der Waals surface area (Å²) in [6.07, 6.45) is 3.24. The molecule has 0 amide bonds. The third-order valence-electron chi connectivity index (χ3n) is 4.38. The SMILES string of the molecule is NC1(N)NC2=C(CCCC2)C(N)(N)C(N)(N)C1(N)N. The van der Waals surface area contributed by atoms with E-state index in [4.69, 9.17) is 45.9 Å². The molecule has 1 aliphatic heterocycles. The van der Waals surface area contributed by atoms with E-state index in [1.54, 1.807) is 0 Å². The monoisotopic (exact) mass is 271 g/mol. The Kier molecular flexibility index (Phi) is 2.98. The molecule has 0 atom stereocenters. The maximum Gasteiger partial charge on any atom is 0.174 e. The fourth-order valence-corrected chi connectivity index (χ4v) is 2.79. The van der Waals surface area contributed by atoms with E-state index < -0.39 is 22.8 Å². The van der Waals surface area contributed by atoms with E-state index >= 15 is 0 Å². The summed E-state index contributed by atoms with van der Waals surface area (Å²) in [4.78, 5) is 0. The molecule has 1 aliphatic carbocycles. The lowest BCUT2D eigenvalue weighted by Gasteiger charge is -2.53. The summed E-state index contributed by atoms with van der Waals surface area (Å²) in [7, 11) is 0. The molecule has 1 heterocycles. The molecule has 17 N–H and O–H groups in total. The first kappa shape index (κ1) is 14.6. The Morgan fingerprint density at radius 3 is 1.84 bits per heavy atom. The third-order valence-corrected chi connectivity index (χ3v) is 4.38. The van der Waals surface area contributed by atoms with Crippen molar-refractivity contribution in [1.82, 2.24) is 5.32 Å². The van der Waals surface area contributed by atoms with Crippen LogP contribution in [0.25, 0.3) is 0 Å². The third kappa shape index (κ3) is 1.72. The first-order valence-corrected chi connectivity index (χ1v) is 6.27. The van der Waals surface area contributed by atoms with Crippen molar-refractivity contribution < 1.29 is 0 Å². The molecule has 0 saturated carbocycles. The van der Waals surface area contributed by atoms with Gasteiger partial charge in [0.25, 0.3) is 0 Å². The summed E-state index contributed by atoms with van der Waals surface area (Å²) in [5.41, 5.74) is 44.4. The summed E-state index contributed by atoms with van der Waals surface area (Å²) in [6.45, 7) is 0. The van der Waals surface area contributed by atoms with Gasteiger partial charge in [-0.05, 0) is 31.3 Å². The largest absolute Gasteiger partial charge is 0.356 e. The number of nitrogens with two attached hydrogens (primary N) is 8. The van der Waals surface area contributed by atoms with Gasteiger partial charge in [0, 0.05) is 5.70 Å². The molecule has 0 unspecified atom stereocenters. The van der Waals surface area contributed by atoms with Gasteiger partial charge in [0.2, 0.25) is 0 Å². The van der Waals surface area contributed by atoms with Crippen molar-refractivity contribution in [3.63, 3.8) is 0 Å². The number of hydrogen-bond donors (Lipinski definition) is 9. The minimum absolute atomic E-state index is 0.650. The van der Waals surface area contributed by atoms with Gasteiger partial charge in [-0.25, -0.2) is 0 Å². The highest BCUT2D eigenvalue weighted by molar-refractivity contribution is 5.38. The Morgan fingerprint density at radius 1 is 0.737 bits per heavy atom. The minimum Gasteiger partial charge on any atom is -0.356 e. The fraction of sp³-hybridized carbons (Fsp3) is 0.800. The number of allylic oxidation sites excluding steroid dienone is 1. The maximum atomic E-state index is 6.17. The Bertz CT molecular complexity index is 421. The predicted molar refractivity (Wildman–Crippen MR) is 73.1 cm³/mol. The van der Waals surface area contributed by atoms with Gasteiger partial charge < -0.3 is 39.7 Å². The summed E-state index contributed by atoms with van der Waals surface area (Å²) >= 11 is 0. The van der Waals surface area contributed by atoms with Gasteiger partial charge in [-0.1, -0.05) is 0 Å². The van der Waals surface area contributed by atoms with Crippen molar-refractivity contribution in [2.45, 2.75) is 48.5 Å². The molecule has 0 aromatic rings.